The van der Waals surface area contributed by atoms with Gasteiger partial charge in [0.2, 0.25) is 5.91 Å². The van der Waals surface area contributed by atoms with Crippen molar-refractivity contribution in [3.05, 3.63) is 70.6 Å². The van der Waals surface area contributed by atoms with Crippen LogP contribution in [0.3, 0.4) is 0 Å². The van der Waals surface area contributed by atoms with Crippen LogP contribution in [0, 0.1) is 13.8 Å². The zero-order chi connectivity index (χ0) is 22.4. The lowest BCUT2D eigenvalue weighted by molar-refractivity contribution is -0.113. The van der Waals surface area contributed by atoms with E-state index < -0.39 is 0 Å². The molecule has 3 rings (SSSR count). The first-order chi connectivity index (χ1) is 14.9. The molecule has 1 amide bonds. The number of rotatable bonds is 9. The lowest BCUT2D eigenvalue weighted by Crippen LogP contribution is -2.16. The Morgan fingerprint density at radius 2 is 2.13 bits per heavy atom. The molecule has 1 unspecified atom stereocenters. The molecule has 0 fully saturated rings. The summed E-state index contributed by atoms with van der Waals surface area (Å²) in [6, 6.07) is 9.52. The molecule has 0 saturated carbocycles. The molecule has 1 atom stereocenters. The van der Waals surface area contributed by atoms with Crippen molar-refractivity contribution in [2.45, 2.75) is 38.6 Å². The summed E-state index contributed by atoms with van der Waals surface area (Å²) in [6.45, 7) is 10.4. The molecule has 0 aliphatic heterocycles. The molecule has 0 bridgehead atoms. The number of allylic oxidation sites excluding steroid dienone is 1. The minimum atomic E-state index is -0.317. The number of halogens is 1. The summed E-state index contributed by atoms with van der Waals surface area (Å²) in [5.41, 5.74) is 2.26. The number of benzene rings is 1. The SMILES string of the molecule is C=CCn1c(SCC(=O)Nc2ccc(Br)cn2)nnc1C(C)Oc1cccc(C)c1C. The number of hydrogen-bond acceptors (Lipinski definition) is 6. The third kappa shape index (κ3) is 5.95. The average Bonchev–Trinajstić information content (AvgIpc) is 3.14. The van der Waals surface area contributed by atoms with Crippen LogP contribution >= 0.6 is 27.7 Å². The van der Waals surface area contributed by atoms with Crippen molar-refractivity contribution in [1.29, 1.82) is 0 Å². The highest BCUT2D eigenvalue weighted by atomic mass is 79.9. The first-order valence-electron chi connectivity index (χ1n) is 9.70. The Kier molecular flexibility index (Phi) is 7.86. The van der Waals surface area contributed by atoms with Crippen LogP contribution in [0.25, 0.3) is 0 Å². The number of aryl methyl sites for hydroxylation is 1. The molecule has 162 valence electrons. The van der Waals surface area contributed by atoms with Crippen molar-refractivity contribution in [2.75, 3.05) is 11.1 Å². The van der Waals surface area contributed by atoms with E-state index in [1.807, 2.05) is 36.6 Å². The Morgan fingerprint density at radius 3 is 2.84 bits per heavy atom. The number of anilines is 1. The number of pyridine rings is 1. The third-order valence-electron chi connectivity index (χ3n) is 4.61. The smallest absolute Gasteiger partial charge is 0.236 e. The van der Waals surface area contributed by atoms with Crippen molar-refractivity contribution >= 4 is 39.4 Å². The Labute approximate surface area is 194 Å². The molecule has 0 aliphatic carbocycles. The van der Waals surface area contributed by atoms with Crippen LogP contribution in [0.4, 0.5) is 5.82 Å². The van der Waals surface area contributed by atoms with Crippen LogP contribution in [0.2, 0.25) is 0 Å². The van der Waals surface area contributed by atoms with Crippen molar-refractivity contribution in [2.24, 2.45) is 0 Å². The van der Waals surface area contributed by atoms with E-state index in [2.05, 4.69) is 56.0 Å². The number of ether oxygens (including phenoxy) is 1. The van der Waals surface area contributed by atoms with Crippen molar-refractivity contribution in [3.63, 3.8) is 0 Å². The summed E-state index contributed by atoms with van der Waals surface area (Å²) in [4.78, 5) is 16.5. The van der Waals surface area contributed by atoms with Crippen LogP contribution in [0.1, 0.15) is 30.0 Å². The molecule has 0 aliphatic rings. The van der Waals surface area contributed by atoms with Gasteiger partial charge < -0.3 is 10.1 Å². The van der Waals surface area contributed by atoms with Gasteiger partial charge in [0.1, 0.15) is 11.6 Å². The van der Waals surface area contributed by atoms with Crippen molar-refractivity contribution in [1.82, 2.24) is 19.7 Å². The van der Waals surface area contributed by atoms with E-state index >= 15 is 0 Å². The van der Waals surface area contributed by atoms with Gasteiger partial charge in [-0.2, -0.15) is 0 Å². The third-order valence-corrected chi connectivity index (χ3v) is 6.04. The first kappa shape index (κ1) is 23.0. The van der Waals surface area contributed by atoms with Crippen molar-refractivity contribution < 1.29 is 9.53 Å². The van der Waals surface area contributed by atoms with Gasteiger partial charge in [-0.3, -0.25) is 9.36 Å². The fourth-order valence-corrected chi connectivity index (χ4v) is 3.85. The molecule has 2 aromatic heterocycles. The lowest BCUT2D eigenvalue weighted by atomic mass is 10.1. The van der Waals surface area contributed by atoms with E-state index in [0.717, 1.165) is 15.8 Å². The highest BCUT2D eigenvalue weighted by molar-refractivity contribution is 9.10. The van der Waals surface area contributed by atoms with Crippen LogP contribution in [-0.2, 0) is 11.3 Å². The van der Waals surface area contributed by atoms with Crippen molar-refractivity contribution in [3.8, 4) is 5.75 Å². The summed E-state index contributed by atoms with van der Waals surface area (Å²) in [5, 5.41) is 12.0. The zero-order valence-corrected chi connectivity index (χ0v) is 20.0. The maximum absolute atomic E-state index is 12.3. The summed E-state index contributed by atoms with van der Waals surface area (Å²) < 4.78 is 8.93. The number of carbonyl (C=O) groups excluding carboxylic acids is 1. The average molecular weight is 502 g/mol. The number of nitrogens with one attached hydrogen (secondary N) is 1. The minimum Gasteiger partial charge on any atom is -0.482 e. The molecule has 0 saturated heterocycles. The molecule has 1 N–H and O–H groups in total. The number of aromatic nitrogens is 4. The predicted molar refractivity (Wildman–Crippen MR) is 126 cm³/mol. The Morgan fingerprint density at radius 1 is 1.32 bits per heavy atom. The Hall–Kier alpha value is -2.65. The molecular formula is C22H24BrN5O2S. The van der Waals surface area contributed by atoms with Gasteiger partial charge in [0, 0.05) is 17.2 Å². The number of carbonyl (C=O) groups is 1. The maximum Gasteiger partial charge on any atom is 0.236 e. The number of hydrogen-bond donors (Lipinski definition) is 1. The van der Waals surface area contributed by atoms with E-state index in [0.29, 0.717) is 23.3 Å². The molecule has 3 aromatic rings. The van der Waals surface area contributed by atoms with E-state index in [1.54, 1.807) is 18.3 Å². The van der Waals surface area contributed by atoms with Gasteiger partial charge in [0.25, 0.3) is 0 Å². The highest BCUT2D eigenvalue weighted by Gasteiger charge is 2.20. The molecule has 0 radical (unpaired) electrons. The predicted octanol–water partition coefficient (Wildman–Crippen LogP) is 5.11. The van der Waals surface area contributed by atoms with Gasteiger partial charge in [-0.15, -0.1) is 16.8 Å². The van der Waals surface area contributed by atoms with Gasteiger partial charge in [-0.25, -0.2) is 4.98 Å². The maximum atomic E-state index is 12.3. The van der Waals surface area contributed by atoms with Gasteiger partial charge in [0.15, 0.2) is 17.1 Å². The van der Waals surface area contributed by atoms with Gasteiger partial charge >= 0.3 is 0 Å². The lowest BCUT2D eigenvalue weighted by Gasteiger charge is -2.18. The fraction of sp³-hybridized carbons (Fsp3) is 0.273. The van der Waals surface area contributed by atoms with E-state index in [1.165, 1.54) is 17.3 Å². The minimum absolute atomic E-state index is 0.172. The second kappa shape index (κ2) is 10.6. The van der Waals surface area contributed by atoms with Crippen LogP contribution in [0.5, 0.6) is 5.75 Å². The number of nitrogens with zero attached hydrogens (tertiary/aromatic N) is 4. The van der Waals surface area contributed by atoms with Crippen LogP contribution in [-0.4, -0.2) is 31.4 Å². The highest BCUT2D eigenvalue weighted by Crippen LogP contribution is 2.28. The first-order valence-corrected chi connectivity index (χ1v) is 11.5. The summed E-state index contributed by atoms with van der Waals surface area (Å²) in [5.74, 6) is 2.00. The number of amides is 1. The second-order valence-electron chi connectivity index (χ2n) is 6.90. The quantitative estimate of drug-likeness (QED) is 0.324. The molecule has 7 nitrogen and oxygen atoms in total. The summed E-state index contributed by atoms with van der Waals surface area (Å²) in [7, 11) is 0. The molecule has 2 heterocycles. The van der Waals surface area contributed by atoms with Crippen LogP contribution in [0.15, 0.2) is 58.8 Å². The normalized spacial score (nSPS) is 11.7. The van der Waals surface area contributed by atoms with Gasteiger partial charge in [-0.05, 0) is 66.0 Å². The molecular weight excluding hydrogens is 478 g/mol. The molecule has 0 spiro atoms. The topological polar surface area (TPSA) is 81.9 Å². The van der Waals surface area contributed by atoms with Gasteiger partial charge in [-0.1, -0.05) is 30.0 Å². The van der Waals surface area contributed by atoms with Gasteiger partial charge in [0.05, 0.1) is 5.75 Å². The monoisotopic (exact) mass is 501 g/mol. The molecule has 31 heavy (non-hydrogen) atoms. The molecule has 9 heteroatoms. The van der Waals surface area contributed by atoms with E-state index in [4.69, 9.17) is 4.74 Å². The van der Waals surface area contributed by atoms with E-state index in [9.17, 15) is 4.79 Å². The largest absolute Gasteiger partial charge is 0.482 e. The summed E-state index contributed by atoms with van der Waals surface area (Å²) in [6.07, 6.45) is 3.09. The number of thioether (sulfide) groups is 1. The standard InChI is InChI=1S/C22H24BrN5O2S/c1-5-11-28-21(16(4)30-18-8-6-7-14(2)15(18)3)26-27-22(28)31-13-20(29)25-19-10-9-17(23)12-24-19/h5-10,12,16H,1,11,13H2,2-4H3,(H,24,25,29). The molecule has 1 aromatic carbocycles. The fourth-order valence-electron chi connectivity index (χ4n) is 2.86. The van der Waals surface area contributed by atoms with E-state index in [-0.39, 0.29) is 17.8 Å². The Balaban J connectivity index is 1.69. The zero-order valence-electron chi connectivity index (χ0n) is 17.6. The van der Waals surface area contributed by atoms with Crippen LogP contribution < -0.4 is 10.1 Å². The summed E-state index contributed by atoms with van der Waals surface area (Å²) >= 11 is 4.63. The Bertz CT molecular complexity index is 1070. The second-order valence-corrected chi connectivity index (χ2v) is 8.75.